The molecule has 1 unspecified atom stereocenters. The number of nitrogens with one attached hydrogen (secondary N) is 2. The molecule has 2 N–H and O–H groups in total. The maximum atomic E-state index is 13.6. The largest absolute Gasteiger partial charge is 0.459 e. The van der Waals surface area contributed by atoms with E-state index in [-0.39, 0.29) is 17.3 Å². The molecule has 8 nitrogen and oxygen atoms in total. The van der Waals surface area contributed by atoms with Gasteiger partial charge in [0.25, 0.3) is 11.8 Å². The van der Waals surface area contributed by atoms with E-state index in [0.717, 1.165) is 29.5 Å². The highest BCUT2D eigenvalue weighted by molar-refractivity contribution is 7.14. The molecule has 1 atom stereocenters. The van der Waals surface area contributed by atoms with Crippen molar-refractivity contribution in [1.29, 1.82) is 0 Å². The van der Waals surface area contributed by atoms with Crippen LogP contribution in [-0.2, 0) is 20.7 Å². The lowest BCUT2D eigenvalue weighted by Gasteiger charge is -2.14. The molecular weight excluding hydrogens is 420 g/mol. The van der Waals surface area contributed by atoms with Crippen molar-refractivity contribution in [2.45, 2.75) is 19.4 Å². The van der Waals surface area contributed by atoms with Crippen LogP contribution in [0, 0.1) is 11.6 Å². The van der Waals surface area contributed by atoms with Gasteiger partial charge in [-0.1, -0.05) is 6.07 Å². The number of nitrogens with zero attached hydrogens (tertiary/aromatic N) is 1. The Balaban J connectivity index is 1.52. The number of esters is 1. The zero-order chi connectivity index (χ0) is 21.7. The molecule has 0 fully saturated rings. The SMILES string of the molecule is CC(OC(=O)Cc1csc(NC(=O)c2ccco2)n1)C(=O)Nc1c(F)cccc1F. The molecule has 0 spiro atoms. The Bertz CT molecular complexity index is 1050. The van der Waals surface area contributed by atoms with Gasteiger partial charge < -0.3 is 14.5 Å². The summed E-state index contributed by atoms with van der Waals surface area (Å²) in [4.78, 5) is 40.1. The maximum Gasteiger partial charge on any atom is 0.312 e. The molecule has 0 saturated carbocycles. The highest BCUT2D eigenvalue weighted by Crippen LogP contribution is 2.19. The minimum Gasteiger partial charge on any atom is -0.459 e. The van der Waals surface area contributed by atoms with Gasteiger partial charge in [-0.3, -0.25) is 19.7 Å². The molecule has 0 aliphatic rings. The van der Waals surface area contributed by atoms with E-state index in [9.17, 15) is 23.2 Å². The van der Waals surface area contributed by atoms with Gasteiger partial charge >= 0.3 is 5.97 Å². The Morgan fingerprint density at radius 2 is 1.90 bits per heavy atom. The Morgan fingerprint density at radius 3 is 2.57 bits per heavy atom. The van der Waals surface area contributed by atoms with Gasteiger partial charge in [0.1, 0.15) is 17.3 Å². The minimum absolute atomic E-state index is 0.109. The topological polar surface area (TPSA) is 111 Å². The number of hydrogen-bond acceptors (Lipinski definition) is 7. The number of benzene rings is 1. The first kappa shape index (κ1) is 21.1. The number of hydrogen-bond donors (Lipinski definition) is 2. The van der Waals surface area contributed by atoms with Crippen LogP contribution >= 0.6 is 11.3 Å². The van der Waals surface area contributed by atoms with Crippen LogP contribution in [0.1, 0.15) is 23.2 Å². The van der Waals surface area contributed by atoms with Crippen molar-refractivity contribution < 1.29 is 32.3 Å². The van der Waals surface area contributed by atoms with Crippen LogP contribution in [0.15, 0.2) is 46.4 Å². The summed E-state index contributed by atoms with van der Waals surface area (Å²) in [6, 6.07) is 6.18. The number of rotatable bonds is 7. The second-order valence-electron chi connectivity index (χ2n) is 5.97. The number of carbonyl (C=O) groups excluding carboxylic acids is 3. The Labute approximate surface area is 172 Å². The average Bonchev–Trinajstić information content (AvgIpc) is 3.37. The number of thiazole rings is 1. The third-order valence-electron chi connectivity index (χ3n) is 3.73. The van der Waals surface area contributed by atoms with E-state index in [4.69, 9.17) is 9.15 Å². The third kappa shape index (κ3) is 5.26. The number of amides is 2. The van der Waals surface area contributed by atoms with Gasteiger partial charge in [-0.25, -0.2) is 13.8 Å². The number of aromatic nitrogens is 1. The maximum absolute atomic E-state index is 13.6. The molecule has 3 rings (SSSR count). The quantitative estimate of drug-likeness (QED) is 0.551. The van der Waals surface area contributed by atoms with Crippen molar-refractivity contribution in [1.82, 2.24) is 4.98 Å². The first-order chi connectivity index (χ1) is 14.3. The van der Waals surface area contributed by atoms with Gasteiger partial charge in [0, 0.05) is 5.38 Å². The highest BCUT2D eigenvalue weighted by atomic mass is 32.1. The smallest absolute Gasteiger partial charge is 0.312 e. The van der Waals surface area contributed by atoms with E-state index in [2.05, 4.69) is 15.6 Å². The van der Waals surface area contributed by atoms with E-state index in [0.29, 0.717) is 5.69 Å². The number of anilines is 2. The standard InChI is InChI=1S/C19H15F2N3O5S/c1-10(17(26)23-16-12(20)4-2-5-13(16)21)29-15(25)8-11-9-30-19(22-11)24-18(27)14-6-3-7-28-14/h2-7,9-10H,8H2,1H3,(H,23,26)(H,22,24,27). The first-order valence-electron chi connectivity index (χ1n) is 8.57. The second-order valence-corrected chi connectivity index (χ2v) is 6.83. The molecule has 2 amide bonds. The fraction of sp³-hybridized carbons (Fsp3) is 0.158. The second kappa shape index (κ2) is 9.27. The van der Waals surface area contributed by atoms with Crippen molar-refractivity contribution in [3.05, 3.63) is 65.1 Å². The fourth-order valence-corrected chi connectivity index (χ4v) is 3.00. The van der Waals surface area contributed by atoms with Crippen LogP contribution in [0.3, 0.4) is 0 Å². The monoisotopic (exact) mass is 435 g/mol. The van der Waals surface area contributed by atoms with Crippen LogP contribution in [0.4, 0.5) is 19.6 Å². The molecule has 11 heteroatoms. The molecular formula is C19H15F2N3O5S. The van der Waals surface area contributed by atoms with Crippen LogP contribution in [0.2, 0.25) is 0 Å². The molecule has 0 saturated heterocycles. The molecule has 2 aromatic heterocycles. The first-order valence-corrected chi connectivity index (χ1v) is 9.45. The Hall–Kier alpha value is -3.60. The summed E-state index contributed by atoms with van der Waals surface area (Å²) >= 11 is 1.09. The molecule has 0 bridgehead atoms. The zero-order valence-corrected chi connectivity index (χ0v) is 16.3. The molecule has 1 aromatic carbocycles. The number of furan rings is 1. The van der Waals surface area contributed by atoms with Crippen LogP contribution < -0.4 is 10.6 Å². The summed E-state index contributed by atoms with van der Waals surface area (Å²) in [6.07, 6.45) is -0.206. The average molecular weight is 435 g/mol. The summed E-state index contributed by atoms with van der Waals surface area (Å²) in [6.45, 7) is 1.27. The van der Waals surface area contributed by atoms with E-state index in [1.54, 1.807) is 11.4 Å². The zero-order valence-electron chi connectivity index (χ0n) is 15.5. The van der Waals surface area contributed by atoms with Crippen molar-refractivity contribution in [3.63, 3.8) is 0 Å². The lowest BCUT2D eigenvalue weighted by atomic mass is 10.2. The highest BCUT2D eigenvalue weighted by Gasteiger charge is 2.21. The summed E-state index contributed by atoms with van der Waals surface area (Å²) in [5, 5.41) is 6.36. The third-order valence-corrected chi connectivity index (χ3v) is 4.54. The van der Waals surface area contributed by atoms with Crippen LogP contribution in [0.5, 0.6) is 0 Å². The van der Waals surface area contributed by atoms with E-state index in [1.807, 2.05) is 0 Å². The molecule has 0 radical (unpaired) electrons. The van der Waals surface area contributed by atoms with Crippen molar-refractivity contribution in [3.8, 4) is 0 Å². The van der Waals surface area contributed by atoms with E-state index in [1.165, 1.54) is 19.3 Å². The van der Waals surface area contributed by atoms with Gasteiger partial charge in [-0.15, -0.1) is 11.3 Å². The van der Waals surface area contributed by atoms with Crippen LogP contribution in [-0.4, -0.2) is 28.9 Å². The van der Waals surface area contributed by atoms with E-state index < -0.39 is 41.2 Å². The number of para-hydroxylation sites is 1. The molecule has 0 aliphatic carbocycles. The molecule has 156 valence electrons. The van der Waals surface area contributed by atoms with Crippen molar-refractivity contribution in [2.24, 2.45) is 0 Å². The normalized spacial score (nSPS) is 11.6. The van der Waals surface area contributed by atoms with Gasteiger partial charge in [0.2, 0.25) is 0 Å². The summed E-state index contributed by atoms with van der Waals surface area (Å²) < 4.78 is 37.2. The predicted octanol–water partition coefficient (Wildman–Crippen LogP) is 3.38. The van der Waals surface area contributed by atoms with E-state index >= 15 is 0 Å². The predicted molar refractivity (Wildman–Crippen MR) is 103 cm³/mol. The van der Waals surface area contributed by atoms with Crippen molar-refractivity contribution in [2.75, 3.05) is 10.6 Å². The number of carbonyl (C=O) groups is 3. The Morgan fingerprint density at radius 1 is 1.17 bits per heavy atom. The van der Waals surface area contributed by atoms with Crippen LogP contribution in [0.25, 0.3) is 0 Å². The van der Waals surface area contributed by atoms with Crippen molar-refractivity contribution >= 4 is 39.9 Å². The van der Waals surface area contributed by atoms with Gasteiger partial charge in [0.15, 0.2) is 17.0 Å². The minimum atomic E-state index is -1.30. The van der Waals surface area contributed by atoms with Gasteiger partial charge in [0.05, 0.1) is 18.4 Å². The number of halogens is 2. The van der Waals surface area contributed by atoms with Gasteiger partial charge in [-0.05, 0) is 31.2 Å². The molecule has 3 aromatic rings. The molecule has 0 aliphatic heterocycles. The summed E-state index contributed by atoms with van der Waals surface area (Å²) in [5.41, 5.74) is -0.311. The molecule has 2 heterocycles. The fourth-order valence-electron chi connectivity index (χ4n) is 2.29. The lowest BCUT2D eigenvalue weighted by molar-refractivity contribution is -0.152. The summed E-state index contributed by atoms with van der Waals surface area (Å²) in [7, 11) is 0. The lowest BCUT2D eigenvalue weighted by Crippen LogP contribution is -2.31. The van der Waals surface area contributed by atoms with Gasteiger partial charge in [-0.2, -0.15) is 0 Å². The molecule has 30 heavy (non-hydrogen) atoms. The Kier molecular flexibility index (Phi) is 6.52. The summed E-state index contributed by atoms with van der Waals surface area (Å²) in [5.74, 6) is -3.95. The number of ether oxygens (including phenoxy) is 1.